The molecule has 2 N–H and O–H groups in total. The number of carbonyl (C=O) groups is 1. The molecule has 1 aromatic carbocycles. The molecular weight excluding hydrogens is 316 g/mol. The number of hydrogen-bond acceptors (Lipinski definition) is 4. The lowest BCUT2D eigenvalue weighted by Gasteiger charge is -2.15. The van der Waals surface area contributed by atoms with Gasteiger partial charge in [0.25, 0.3) is 0 Å². The zero-order valence-electron chi connectivity index (χ0n) is 12.9. The maximum atomic E-state index is 12.6. The first-order chi connectivity index (χ1) is 10.8. The number of nitrogens with one attached hydrogen (secondary N) is 1. The first-order valence-corrected chi connectivity index (χ1v) is 8.55. The van der Waals surface area contributed by atoms with E-state index in [2.05, 4.69) is 9.71 Å². The molecule has 2 aromatic rings. The predicted molar refractivity (Wildman–Crippen MR) is 85.8 cm³/mol. The van der Waals surface area contributed by atoms with Gasteiger partial charge < -0.3 is 5.11 Å². The highest BCUT2D eigenvalue weighted by atomic mass is 32.2. The van der Waals surface area contributed by atoms with Gasteiger partial charge in [0.1, 0.15) is 0 Å². The monoisotopic (exact) mass is 334 g/mol. The van der Waals surface area contributed by atoms with Crippen LogP contribution in [0.25, 0.3) is 0 Å². The summed E-state index contributed by atoms with van der Waals surface area (Å²) in [6.45, 7) is 3.80. The SMILES string of the molecule is CC(C)c1ccc(C(=O)O)cc1S(=O)(=O)NCc1cccnc1. The normalized spacial score (nSPS) is 11.6. The van der Waals surface area contributed by atoms with Crippen molar-refractivity contribution in [3.63, 3.8) is 0 Å². The number of pyridine rings is 1. The molecule has 0 spiro atoms. The van der Waals surface area contributed by atoms with Crippen LogP contribution in [0.5, 0.6) is 0 Å². The lowest BCUT2D eigenvalue weighted by atomic mass is 10.0. The van der Waals surface area contributed by atoms with Crippen molar-refractivity contribution >= 4 is 16.0 Å². The van der Waals surface area contributed by atoms with Crippen LogP contribution in [0.4, 0.5) is 0 Å². The van der Waals surface area contributed by atoms with Crippen LogP contribution >= 0.6 is 0 Å². The fourth-order valence-electron chi connectivity index (χ4n) is 2.14. The van der Waals surface area contributed by atoms with Crippen LogP contribution in [0.15, 0.2) is 47.6 Å². The zero-order chi connectivity index (χ0) is 17.0. The summed E-state index contributed by atoms with van der Waals surface area (Å²) in [6.07, 6.45) is 3.17. The Morgan fingerprint density at radius 3 is 2.61 bits per heavy atom. The van der Waals surface area contributed by atoms with Crippen LogP contribution in [-0.4, -0.2) is 24.5 Å². The topological polar surface area (TPSA) is 96.4 Å². The van der Waals surface area contributed by atoms with Gasteiger partial charge in [-0.15, -0.1) is 0 Å². The third-order valence-corrected chi connectivity index (χ3v) is 4.82. The second-order valence-corrected chi connectivity index (χ2v) is 7.13. The molecule has 0 aliphatic carbocycles. The van der Waals surface area contributed by atoms with Crippen molar-refractivity contribution in [2.45, 2.75) is 31.2 Å². The number of carboxylic acids is 1. The van der Waals surface area contributed by atoms with Crippen molar-refractivity contribution in [3.8, 4) is 0 Å². The molecule has 0 radical (unpaired) electrons. The lowest BCUT2D eigenvalue weighted by Crippen LogP contribution is -2.25. The van der Waals surface area contributed by atoms with Gasteiger partial charge >= 0.3 is 5.97 Å². The molecule has 0 saturated heterocycles. The summed E-state index contributed by atoms with van der Waals surface area (Å²) in [6, 6.07) is 7.63. The molecule has 23 heavy (non-hydrogen) atoms. The Kier molecular flexibility index (Phi) is 5.12. The van der Waals surface area contributed by atoms with Crippen LogP contribution in [0.3, 0.4) is 0 Å². The number of carboxylic acid groups (broad SMARTS) is 1. The summed E-state index contributed by atoms with van der Waals surface area (Å²) < 4.78 is 27.7. The van der Waals surface area contributed by atoms with Gasteiger partial charge in [-0.2, -0.15) is 0 Å². The number of nitrogens with zero attached hydrogens (tertiary/aromatic N) is 1. The summed E-state index contributed by atoms with van der Waals surface area (Å²) in [5.74, 6) is -1.22. The van der Waals surface area contributed by atoms with E-state index in [0.717, 1.165) is 5.56 Å². The van der Waals surface area contributed by atoms with Gasteiger partial charge in [-0.05, 0) is 35.2 Å². The number of aromatic carboxylic acids is 1. The van der Waals surface area contributed by atoms with E-state index in [-0.39, 0.29) is 22.9 Å². The summed E-state index contributed by atoms with van der Waals surface area (Å²) in [5.41, 5.74) is 1.24. The molecule has 0 fully saturated rings. The van der Waals surface area contributed by atoms with Crippen LogP contribution in [-0.2, 0) is 16.6 Å². The Hall–Kier alpha value is -2.25. The minimum Gasteiger partial charge on any atom is -0.478 e. The van der Waals surface area contributed by atoms with Gasteiger partial charge in [0.15, 0.2) is 0 Å². The molecule has 0 aliphatic heterocycles. The van der Waals surface area contributed by atoms with E-state index < -0.39 is 16.0 Å². The minimum atomic E-state index is -3.83. The minimum absolute atomic E-state index is 0.00343. The molecule has 7 heteroatoms. The summed E-state index contributed by atoms with van der Waals surface area (Å²) in [7, 11) is -3.83. The van der Waals surface area contributed by atoms with Crippen molar-refractivity contribution in [1.29, 1.82) is 0 Å². The Bertz CT molecular complexity index is 802. The Morgan fingerprint density at radius 1 is 1.30 bits per heavy atom. The number of sulfonamides is 1. The molecule has 0 aliphatic rings. The second-order valence-electron chi connectivity index (χ2n) is 5.40. The number of rotatable bonds is 6. The zero-order valence-corrected chi connectivity index (χ0v) is 13.7. The molecule has 2 rings (SSSR count). The van der Waals surface area contributed by atoms with Crippen molar-refractivity contribution in [2.75, 3.05) is 0 Å². The van der Waals surface area contributed by atoms with Crippen molar-refractivity contribution in [3.05, 3.63) is 59.4 Å². The standard InChI is InChI=1S/C16H18N2O4S/c1-11(2)14-6-5-13(16(19)20)8-15(14)23(21,22)18-10-12-4-3-7-17-9-12/h3-9,11,18H,10H2,1-2H3,(H,19,20). The van der Waals surface area contributed by atoms with Crippen LogP contribution < -0.4 is 4.72 Å². The molecule has 1 heterocycles. The Labute approximate surface area is 135 Å². The smallest absolute Gasteiger partial charge is 0.335 e. The molecule has 122 valence electrons. The van der Waals surface area contributed by atoms with E-state index in [0.29, 0.717) is 5.56 Å². The maximum absolute atomic E-state index is 12.6. The Morgan fingerprint density at radius 2 is 2.04 bits per heavy atom. The maximum Gasteiger partial charge on any atom is 0.335 e. The molecule has 0 saturated carbocycles. The quantitative estimate of drug-likeness (QED) is 0.845. The second kappa shape index (κ2) is 6.89. The Balaban J connectivity index is 2.37. The first-order valence-electron chi connectivity index (χ1n) is 7.07. The average molecular weight is 334 g/mol. The molecule has 1 aromatic heterocycles. The van der Waals surface area contributed by atoms with E-state index in [1.807, 2.05) is 13.8 Å². The highest BCUT2D eigenvalue weighted by Crippen LogP contribution is 2.25. The van der Waals surface area contributed by atoms with Gasteiger partial charge in [-0.25, -0.2) is 17.9 Å². The van der Waals surface area contributed by atoms with E-state index in [1.54, 1.807) is 30.6 Å². The highest BCUT2D eigenvalue weighted by molar-refractivity contribution is 7.89. The van der Waals surface area contributed by atoms with Gasteiger partial charge in [-0.1, -0.05) is 26.0 Å². The first kappa shape index (κ1) is 17.1. The van der Waals surface area contributed by atoms with Gasteiger partial charge in [0.05, 0.1) is 10.5 Å². The number of hydrogen-bond donors (Lipinski definition) is 2. The van der Waals surface area contributed by atoms with Crippen molar-refractivity contribution in [1.82, 2.24) is 9.71 Å². The van der Waals surface area contributed by atoms with Crippen molar-refractivity contribution < 1.29 is 18.3 Å². The van der Waals surface area contributed by atoms with E-state index in [1.165, 1.54) is 12.1 Å². The van der Waals surface area contributed by atoms with E-state index >= 15 is 0 Å². The number of aromatic nitrogens is 1. The molecule has 0 unspecified atom stereocenters. The third kappa shape index (κ3) is 4.14. The molecule has 6 nitrogen and oxygen atoms in total. The third-order valence-electron chi connectivity index (χ3n) is 3.36. The fourth-order valence-corrected chi connectivity index (χ4v) is 3.54. The average Bonchev–Trinajstić information content (AvgIpc) is 2.53. The van der Waals surface area contributed by atoms with E-state index in [4.69, 9.17) is 5.11 Å². The summed E-state index contributed by atoms with van der Waals surface area (Å²) >= 11 is 0. The van der Waals surface area contributed by atoms with Crippen LogP contribution in [0.2, 0.25) is 0 Å². The fraction of sp³-hybridized carbons (Fsp3) is 0.250. The predicted octanol–water partition coefficient (Wildman–Crippen LogP) is 2.38. The van der Waals surface area contributed by atoms with Gasteiger partial charge in [0.2, 0.25) is 10.0 Å². The summed E-state index contributed by atoms with van der Waals surface area (Å²) in [5, 5.41) is 9.09. The summed E-state index contributed by atoms with van der Waals surface area (Å²) in [4.78, 5) is 15.0. The van der Waals surface area contributed by atoms with Crippen molar-refractivity contribution in [2.24, 2.45) is 0 Å². The van der Waals surface area contributed by atoms with Crippen LogP contribution in [0.1, 0.15) is 41.3 Å². The van der Waals surface area contributed by atoms with Crippen LogP contribution in [0, 0.1) is 0 Å². The molecule has 0 bridgehead atoms. The molecule has 0 atom stereocenters. The largest absolute Gasteiger partial charge is 0.478 e. The van der Waals surface area contributed by atoms with Gasteiger partial charge in [-0.3, -0.25) is 4.98 Å². The van der Waals surface area contributed by atoms with E-state index in [9.17, 15) is 13.2 Å². The number of benzene rings is 1. The molecule has 0 amide bonds. The highest BCUT2D eigenvalue weighted by Gasteiger charge is 2.22. The lowest BCUT2D eigenvalue weighted by molar-refractivity contribution is 0.0696. The van der Waals surface area contributed by atoms with Gasteiger partial charge in [0, 0.05) is 18.9 Å². The molecular formula is C16H18N2O4S.